The van der Waals surface area contributed by atoms with Gasteiger partial charge in [-0.05, 0) is 31.2 Å². The zero-order chi connectivity index (χ0) is 18.2. The van der Waals surface area contributed by atoms with E-state index < -0.39 is 5.41 Å². The second kappa shape index (κ2) is 6.31. The highest BCUT2D eigenvalue weighted by atomic mass is 16.5. The third-order valence-electron chi connectivity index (χ3n) is 4.63. The van der Waals surface area contributed by atoms with Gasteiger partial charge in [0.2, 0.25) is 17.7 Å². The summed E-state index contributed by atoms with van der Waals surface area (Å²) in [6.45, 7) is 6.10. The van der Waals surface area contributed by atoms with Gasteiger partial charge in [-0.15, -0.1) is 0 Å². The molecule has 7 heteroatoms. The second-order valence-electron chi connectivity index (χ2n) is 6.89. The number of aromatic nitrogens is 3. The Kier molecular flexibility index (Phi) is 4.32. The summed E-state index contributed by atoms with van der Waals surface area (Å²) in [7, 11) is 1.57. The molecule has 0 radical (unpaired) electrons. The number of aryl methyl sites for hydroxylation is 1. The Balaban J connectivity index is 2.13. The van der Waals surface area contributed by atoms with E-state index in [1.165, 1.54) is 0 Å². The lowest BCUT2D eigenvalue weighted by Crippen LogP contribution is -2.47. The third-order valence-corrected chi connectivity index (χ3v) is 4.63. The Hall–Kier alpha value is -2.70. The first-order valence-electron chi connectivity index (χ1n) is 8.30. The fourth-order valence-corrected chi connectivity index (χ4v) is 3.54. The molecule has 0 saturated heterocycles. The molecule has 0 spiro atoms. The van der Waals surface area contributed by atoms with E-state index in [4.69, 9.17) is 10.5 Å². The topological polar surface area (TPSA) is 103 Å². The lowest BCUT2D eigenvalue weighted by molar-refractivity contribution is -0.122. The van der Waals surface area contributed by atoms with Crippen LogP contribution in [0, 0.1) is 12.8 Å². The summed E-state index contributed by atoms with van der Waals surface area (Å²) >= 11 is 0. The molecule has 0 saturated carbocycles. The second-order valence-corrected chi connectivity index (χ2v) is 6.89. The molecule has 0 fully saturated rings. The summed E-state index contributed by atoms with van der Waals surface area (Å²) in [5.41, 5.74) is 7.58. The zero-order valence-corrected chi connectivity index (χ0v) is 15.0. The molecule has 3 N–H and O–H groups in total. The maximum Gasteiger partial charge on any atom is 0.236 e. The van der Waals surface area contributed by atoms with Gasteiger partial charge in [0.15, 0.2) is 0 Å². The molecule has 2 aromatic rings. The van der Waals surface area contributed by atoms with Crippen LogP contribution in [-0.2, 0) is 16.6 Å². The number of rotatable bonds is 4. The molecule has 3 rings (SSSR count). The number of anilines is 2. The minimum Gasteiger partial charge on any atom is -0.481 e. The molecular formula is C18H23N5O2. The van der Waals surface area contributed by atoms with Gasteiger partial charge in [-0.1, -0.05) is 19.9 Å². The van der Waals surface area contributed by atoms with Crippen molar-refractivity contribution in [3.05, 3.63) is 35.2 Å². The summed E-state index contributed by atoms with van der Waals surface area (Å²) in [6, 6.07) is 3.69. The highest BCUT2D eigenvalue weighted by molar-refractivity contribution is 6.01. The molecule has 2 aromatic heterocycles. The van der Waals surface area contributed by atoms with E-state index in [1.54, 1.807) is 19.4 Å². The van der Waals surface area contributed by atoms with Crippen LogP contribution in [0.1, 0.15) is 37.1 Å². The normalized spacial score (nSPS) is 19.5. The van der Waals surface area contributed by atoms with Gasteiger partial charge in [-0.25, -0.2) is 9.97 Å². The first-order chi connectivity index (χ1) is 11.9. The lowest BCUT2D eigenvalue weighted by atomic mass is 9.68. The number of ether oxygens (including phenoxy) is 1. The Morgan fingerprint density at radius 3 is 2.72 bits per heavy atom. The van der Waals surface area contributed by atoms with E-state index in [9.17, 15) is 4.79 Å². The van der Waals surface area contributed by atoms with Crippen LogP contribution >= 0.6 is 0 Å². The molecule has 0 aliphatic carbocycles. The van der Waals surface area contributed by atoms with E-state index in [0.29, 0.717) is 30.5 Å². The van der Waals surface area contributed by atoms with Crippen molar-refractivity contribution in [1.82, 2.24) is 15.0 Å². The molecule has 25 heavy (non-hydrogen) atoms. The monoisotopic (exact) mass is 341 g/mol. The van der Waals surface area contributed by atoms with Crippen LogP contribution in [0.4, 0.5) is 11.8 Å². The summed E-state index contributed by atoms with van der Waals surface area (Å²) < 4.78 is 5.14. The van der Waals surface area contributed by atoms with Crippen molar-refractivity contribution >= 4 is 17.7 Å². The molecule has 0 bridgehead atoms. The average molecular weight is 341 g/mol. The van der Waals surface area contributed by atoms with E-state index in [0.717, 1.165) is 16.8 Å². The molecule has 1 aliphatic rings. The third kappa shape index (κ3) is 3.01. The maximum atomic E-state index is 13.1. The van der Waals surface area contributed by atoms with Crippen molar-refractivity contribution in [2.45, 2.75) is 39.0 Å². The number of carbonyl (C=O) groups excluding carboxylic acids is 1. The summed E-state index contributed by atoms with van der Waals surface area (Å²) in [5, 5.41) is 2.94. The number of nitrogen functional groups attached to an aromatic ring is 1. The quantitative estimate of drug-likeness (QED) is 0.884. The Bertz CT molecular complexity index is 804. The van der Waals surface area contributed by atoms with Gasteiger partial charge in [-0.2, -0.15) is 4.98 Å². The number of nitrogens with two attached hydrogens (primary N) is 1. The Morgan fingerprint density at radius 2 is 2.12 bits per heavy atom. The number of carbonyl (C=O) groups is 1. The predicted octanol–water partition coefficient (Wildman–Crippen LogP) is 2.25. The number of pyridine rings is 1. The van der Waals surface area contributed by atoms with Gasteiger partial charge >= 0.3 is 0 Å². The van der Waals surface area contributed by atoms with Crippen LogP contribution < -0.4 is 15.8 Å². The van der Waals surface area contributed by atoms with Crippen molar-refractivity contribution in [1.29, 1.82) is 0 Å². The largest absolute Gasteiger partial charge is 0.481 e. The van der Waals surface area contributed by atoms with Crippen LogP contribution in [0.3, 0.4) is 0 Å². The number of hydrogen-bond acceptors (Lipinski definition) is 6. The Morgan fingerprint density at radius 1 is 1.36 bits per heavy atom. The average Bonchev–Trinajstić information content (AvgIpc) is 2.56. The van der Waals surface area contributed by atoms with Crippen LogP contribution in [-0.4, -0.2) is 28.0 Å². The predicted molar refractivity (Wildman–Crippen MR) is 95.4 cm³/mol. The van der Waals surface area contributed by atoms with Gasteiger partial charge in [0.25, 0.3) is 0 Å². The molecule has 1 atom stereocenters. The number of hydrogen-bond donors (Lipinski definition) is 2. The molecule has 0 aromatic carbocycles. The van der Waals surface area contributed by atoms with Crippen molar-refractivity contribution in [3.8, 4) is 5.88 Å². The Labute approximate surface area is 147 Å². The summed E-state index contributed by atoms with van der Waals surface area (Å²) in [6.07, 6.45) is 2.93. The molecule has 3 heterocycles. The van der Waals surface area contributed by atoms with Gasteiger partial charge < -0.3 is 15.8 Å². The van der Waals surface area contributed by atoms with Gasteiger partial charge in [0.1, 0.15) is 5.82 Å². The van der Waals surface area contributed by atoms with E-state index in [-0.39, 0.29) is 11.9 Å². The van der Waals surface area contributed by atoms with Crippen LogP contribution in [0.15, 0.2) is 18.3 Å². The first-order valence-corrected chi connectivity index (χ1v) is 8.30. The van der Waals surface area contributed by atoms with Gasteiger partial charge in [0.05, 0.1) is 12.5 Å². The van der Waals surface area contributed by atoms with Gasteiger partial charge in [0, 0.05) is 23.5 Å². The zero-order valence-electron chi connectivity index (χ0n) is 15.0. The van der Waals surface area contributed by atoms with Crippen molar-refractivity contribution in [2.24, 2.45) is 5.92 Å². The number of methoxy groups -OCH3 is 1. The molecular weight excluding hydrogens is 318 g/mol. The van der Waals surface area contributed by atoms with Gasteiger partial charge in [-0.3, -0.25) is 4.79 Å². The number of amides is 1. The highest BCUT2D eigenvalue weighted by Crippen LogP contribution is 2.41. The number of nitrogens with one attached hydrogen (secondary N) is 1. The number of fused-ring (bicyclic) bond motifs is 1. The van der Waals surface area contributed by atoms with E-state index in [1.807, 2.05) is 13.0 Å². The molecule has 1 amide bonds. The maximum absolute atomic E-state index is 13.1. The SMILES string of the molecule is COc1ccc(C2(CC(C)C)Cc3c(C)nc(N)nc3NC2=O)cn1. The number of nitrogens with zero attached hydrogens (tertiary/aromatic N) is 3. The molecule has 1 aliphatic heterocycles. The molecule has 132 valence electrons. The van der Waals surface area contributed by atoms with Crippen molar-refractivity contribution in [2.75, 3.05) is 18.2 Å². The molecule has 7 nitrogen and oxygen atoms in total. The minimum atomic E-state index is -0.718. The van der Waals surface area contributed by atoms with Crippen LogP contribution in [0.5, 0.6) is 5.88 Å². The first kappa shape index (κ1) is 17.1. The fourth-order valence-electron chi connectivity index (χ4n) is 3.54. The van der Waals surface area contributed by atoms with E-state index >= 15 is 0 Å². The lowest BCUT2D eigenvalue weighted by Gasteiger charge is -2.38. The van der Waals surface area contributed by atoms with Crippen LogP contribution in [0.2, 0.25) is 0 Å². The molecule has 1 unspecified atom stereocenters. The highest BCUT2D eigenvalue weighted by Gasteiger charge is 2.45. The van der Waals surface area contributed by atoms with Crippen molar-refractivity contribution < 1.29 is 9.53 Å². The van der Waals surface area contributed by atoms with Crippen LogP contribution in [0.25, 0.3) is 0 Å². The van der Waals surface area contributed by atoms with Crippen molar-refractivity contribution in [3.63, 3.8) is 0 Å². The summed E-state index contributed by atoms with van der Waals surface area (Å²) in [5.74, 6) is 1.44. The van der Waals surface area contributed by atoms with E-state index in [2.05, 4.69) is 34.1 Å². The smallest absolute Gasteiger partial charge is 0.236 e. The fraction of sp³-hybridized carbons (Fsp3) is 0.444. The summed E-state index contributed by atoms with van der Waals surface area (Å²) in [4.78, 5) is 25.9. The minimum absolute atomic E-state index is 0.0850. The standard InChI is InChI=1S/C18H23N5O2/c1-10(2)7-18(12-5-6-14(25-4)20-9-12)8-13-11(3)21-17(19)23-15(13)22-16(18)24/h5-6,9-10H,7-8H2,1-4H3,(H3,19,21,22,23,24).